The summed E-state index contributed by atoms with van der Waals surface area (Å²) in [6, 6.07) is 14.7. The highest BCUT2D eigenvalue weighted by Gasteiger charge is 2.08. The molecule has 2 aromatic carbocycles. The number of amides is 1. The highest BCUT2D eigenvalue weighted by atomic mass is 32.1. The zero-order chi connectivity index (χ0) is 14.5. The first-order chi connectivity index (χ1) is 9.56. The highest BCUT2D eigenvalue weighted by molar-refractivity contribution is 7.80. The van der Waals surface area contributed by atoms with Crippen molar-refractivity contribution >= 4 is 34.6 Å². The summed E-state index contributed by atoms with van der Waals surface area (Å²) >= 11 is 4.78. The Kier molecular flexibility index (Phi) is 4.32. The number of rotatable bonds is 3. The molecule has 1 amide bonds. The Morgan fingerprint density at radius 2 is 1.70 bits per heavy atom. The van der Waals surface area contributed by atoms with Crippen molar-refractivity contribution in [3.63, 3.8) is 0 Å². The fourth-order valence-corrected chi connectivity index (χ4v) is 1.96. The Bertz CT molecular complexity index is 655. The van der Waals surface area contributed by atoms with E-state index in [2.05, 4.69) is 10.6 Å². The summed E-state index contributed by atoms with van der Waals surface area (Å²) in [5.74, 6) is -0.143. The molecule has 0 saturated heterocycles. The number of benzene rings is 2. The van der Waals surface area contributed by atoms with Crippen LogP contribution >= 0.6 is 12.2 Å². The van der Waals surface area contributed by atoms with E-state index in [4.69, 9.17) is 18.0 Å². The average Bonchev–Trinajstić information content (AvgIpc) is 2.38. The lowest BCUT2D eigenvalue weighted by Crippen LogP contribution is -2.19. The molecular formula is C15H15N3OS. The molecule has 0 fully saturated rings. The molecule has 0 unspecified atom stereocenters. The van der Waals surface area contributed by atoms with Gasteiger partial charge in [0.2, 0.25) is 0 Å². The number of nitrogens with two attached hydrogens (primary N) is 1. The maximum absolute atomic E-state index is 12.2. The quantitative estimate of drug-likeness (QED) is 0.759. The number of carbonyl (C=O) groups is 1. The topological polar surface area (TPSA) is 67.2 Å². The number of hydrogen-bond donors (Lipinski definition) is 3. The summed E-state index contributed by atoms with van der Waals surface area (Å²) in [7, 11) is 0. The molecule has 0 saturated carbocycles. The van der Waals surface area contributed by atoms with Crippen LogP contribution in [0, 0.1) is 6.92 Å². The van der Waals surface area contributed by atoms with Gasteiger partial charge in [0.25, 0.3) is 5.91 Å². The number of hydrogen-bond acceptors (Lipinski definition) is 2. The second-order valence-electron chi connectivity index (χ2n) is 4.34. The molecule has 20 heavy (non-hydrogen) atoms. The van der Waals surface area contributed by atoms with Gasteiger partial charge in [0, 0.05) is 16.9 Å². The van der Waals surface area contributed by atoms with E-state index < -0.39 is 0 Å². The van der Waals surface area contributed by atoms with Crippen LogP contribution in [0.1, 0.15) is 15.9 Å². The second-order valence-corrected chi connectivity index (χ2v) is 4.78. The van der Waals surface area contributed by atoms with Crippen LogP contribution in [0.2, 0.25) is 0 Å². The standard InChI is InChI=1S/C15H15N3OS/c1-10-5-2-3-8-13(10)14(19)17-11-6-4-7-12(9-11)18-15(16)20/h2-9H,1H3,(H,17,19)(H3,16,18,20). The molecule has 4 nitrogen and oxygen atoms in total. The zero-order valence-corrected chi connectivity index (χ0v) is 11.8. The van der Waals surface area contributed by atoms with E-state index in [0.717, 1.165) is 11.3 Å². The molecule has 102 valence electrons. The fraction of sp³-hybridized carbons (Fsp3) is 0.0667. The van der Waals surface area contributed by atoms with Crippen LogP contribution in [-0.4, -0.2) is 11.0 Å². The van der Waals surface area contributed by atoms with Gasteiger partial charge in [-0.3, -0.25) is 4.79 Å². The van der Waals surface area contributed by atoms with Crippen molar-refractivity contribution in [2.75, 3.05) is 10.6 Å². The van der Waals surface area contributed by atoms with Crippen molar-refractivity contribution < 1.29 is 4.79 Å². The molecular weight excluding hydrogens is 270 g/mol. The minimum Gasteiger partial charge on any atom is -0.376 e. The van der Waals surface area contributed by atoms with Gasteiger partial charge in [-0.2, -0.15) is 0 Å². The maximum atomic E-state index is 12.2. The number of thiocarbonyl (C=S) groups is 1. The lowest BCUT2D eigenvalue weighted by atomic mass is 10.1. The molecule has 4 N–H and O–H groups in total. The van der Waals surface area contributed by atoms with Crippen LogP contribution in [0.3, 0.4) is 0 Å². The Labute approximate surface area is 123 Å². The minimum atomic E-state index is -0.143. The summed E-state index contributed by atoms with van der Waals surface area (Å²) in [6.45, 7) is 1.90. The van der Waals surface area contributed by atoms with Gasteiger partial charge in [0.05, 0.1) is 0 Å². The SMILES string of the molecule is Cc1ccccc1C(=O)Nc1cccc(NC(N)=S)c1. The van der Waals surface area contributed by atoms with E-state index in [1.54, 1.807) is 18.2 Å². The van der Waals surface area contributed by atoms with Crippen LogP contribution in [0.25, 0.3) is 0 Å². The molecule has 0 atom stereocenters. The highest BCUT2D eigenvalue weighted by Crippen LogP contribution is 2.17. The Morgan fingerprint density at radius 1 is 1.05 bits per heavy atom. The first kappa shape index (κ1) is 14.0. The smallest absolute Gasteiger partial charge is 0.255 e. The van der Waals surface area contributed by atoms with Crippen LogP contribution in [0.5, 0.6) is 0 Å². The molecule has 0 radical (unpaired) electrons. The maximum Gasteiger partial charge on any atom is 0.255 e. The third-order valence-electron chi connectivity index (χ3n) is 2.78. The lowest BCUT2D eigenvalue weighted by Gasteiger charge is -2.09. The summed E-state index contributed by atoms with van der Waals surface area (Å²) in [5, 5.41) is 5.86. The second kappa shape index (κ2) is 6.16. The predicted octanol–water partition coefficient (Wildman–Crippen LogP) is 2.90. The van der Waals surface area contributed by atoms with Crippen LogP contribution in [0.4, 0.5) is 11.4 Å². The molecule has 0 spiro atoms. The Morgan fingerprint density at radius 3 is 2.35 bits per heavy atom. The molecule has 0 aromatic heterocycles. The fourth-order valence-electron chi connectivity index (χ4n) is 1.84. The van der Waals surface area contributed by atoms with Crippen molar-refractivity contribution in [3.05, 3.63) is 59.7 Å². The van der Waals surface area contributed by atoms with Crippen molar-refractivity contribution in [1.82, 2.24) is 0 Å². The van der Waals surface area contributed by atoms with Crippen LogP contribution in [0.15, 0.2) is 48.5 Å². The molecule has 2 rings (SSSR count). The molecule has 0 bridgehead atoms. The third-order valence-corrected chi connectivity index (χ3v) is 2.88. The number of nitrogens with one attached hydrogen (secondary N) is 2. The molecule has 0 aliphatic carbocycles. The predicted molar refractivity (Wildman–Crippen MR) is 86.0 cm³/mol. The van der Waals surface area contributed by atoms with E-state index in [1.165, 1.54) is 0 Å². The summed E-state index contributed by atoms with van der Waals surface area (Å²) in [6.07, 6.45) is 0. The van der Waals surface area contributed by atoms with Crippen molar-refractivity contribution in [2.24, 2.45) is 5.73 Å². The largest absolute Gasteiger partial charge is 0.376 e. The van der Waals surface area contributed by atoms with Crippen molar-refractivity contribution in [3.8, 4) is 0 Å². The van der Waals surface area contributed by atoms with Gasteiger partial charge < -0.3 is 16.4 Å². The Hall–Kier alpha value is -2.40. The van der Waals surface area contributed by atoms with Gasteiger partial charge in [-0.1, -0.05) is 24.3 Å². The molecule has 0 aliphatic rings. The normalized spacial score (nSPS) is 9.85. The van der Waals surface area contributed by atoms with Crippen molar-refractivity contribution in [2.45, 2.75) is 6.92 Å². The van der Waals surface area contributed by atoms with Gasteiger partial charge in [-0.25, -0.2) is 0 Å². The van der Waals surface area contributed by atoms with Crippen LogP contribution in [-0.2, 0) is 0 Å². The van der Waals surface area contributed by atoms with E-state index in [9.17, 15) is 4.79 Å². The monoisotopic (exact) mass is 285 g/mol. The third kappa shape index (κ3) is 3.55. The van der Waals surface area contributed by atoms with Crippen LogP contribution < -0.4 is 16.4 Å². The Balaban J connectivity index is 2.16. The summed E-state index contributed by atoms with van der Waals surface area (Å²) in [4.78, 5) is 12.2. The first-order valence-corrected chi connectivity index (χ1v) is 6.50. The van der Waals surface area contributed by atoms with E-state index in [1.807, 2.05) is 37.3 Å². The number of anilines is 2. The molecule has 0 aliphatic heterocycles. The number of aryl methyl sites for hydroxylation is 1. The van der Waals surface area contributed by atoms with Crippen molar-refractivity contribution in [1.29, 1.82) is 0 Å². The molecule has 2 aromatic rings. The number of carbonyl (C=O) groups excluding carboxylic acids is 1. The van der Waals surface area contributed by atoms with Gasteiger partial charge >= 0.3 is 0 Å². The van der Waals surface area contributed by atoms with E-state index in [-0.39, 0.29) is 11.0 Å². The van der Waals surface area contributed by atoms with E-state index in [0.29, 0.717) is 11.3 Å². The van der Waals surface area contributed by atoms with Gasteiger partial charge in [0.15, 0.2) is 5.11 Å². The lowest BCUT2D eigenvalue weighted by molar-refractivity contribution is 0.102. The summed E-state index contributed by atoms with van der Waals surface area (Å²) < 4.78 is 0. The molecule has 5 heteroatoms. The van der Waals surface area contributed by atoms with Gasteiger partial charge in [0.1, 0.15) is 0 Å². The average molecular weight is 285 g/mol. The van der Waals surface area contributed by atoms with E-state index >= 15 is 0 Å². The molecule has 0 heterocycles. The van der Waals surface area contributed by atoms with Gasteiger partial charge in [-0.05, 0) is 49.0 Å². The zero-order valence-electron chi connectivity index (χ0n) is 11.0. The summed E-state index contributed by atoms with van der Waals surface area (Å²) in [5.41, 5.74) is 8.42. The minimum absolute atomic E-state index is 0.143. The van der Waals surface area contributed by atoms with Gasteiger partial charge in [-0.15, -0.1) is 0 Å². The first-order valence-electron chi connectivity index (χ1n) is 6.10.